The summed E-state index contributed by atoms with van der Waals surface area (Å²) in [6.07, 6.45) is 0.754. The van der Waals surface area contributed by atoms with E-state index in [0.717, 1.165) is 16.1 Å². The number of carbonyl (C=O) groups is 4. The van der Waals surface area contributed by atoms with Crippen LogP contribution in [0, 0.1) is 22.0 Å². The van der Waals surface area contributed by atoms with Gasteiger partial charge in [0, 0.05) is 21.3 Å². The van der Waals surface area contributed by atoms with Crippen molar-refractivity contribution in [2.75, 3.05) is 6.54 Å². The summed E-state index contributed by atoms with van der Waals surface area (Å²) in [5.41, 5.74) is -0.525. The van der Waals surface area contributed by atoms with Crippen LogP contribution in [0.5, 0.6) is 0 Å². The number of halogens is 2. The molecule has 1 aliphatic heterocycles. The van der Waals surface area contributed by atoms with E-state index in [-0.39, 0.29) is 20.8 Å². The van der Waals surface area contributed by atoms with E-state index in [9.17, 15) is 29.3 Å². The van der Waals surface area contributed by atoms with E-state index in [2.05, 4.69) is 31.9 Å². The zero-order chi connectivity index (χ0) is 24.6. The van der Waals surface area contributed by atoms with Gasteiger partial charge in [-0.15, -0.1) is 0 Å². The number of fused-ring (bicyclic) bond motifs is 1. The number of benzene rings is 2. The molecule has 2 aliphatic rings. The van der Waals surface area contributed by atoms with Gasteiger partial charge in [-0.3, -0.25) is 29.3 Å². The van der Waals surface area contributed by atoms with Gasteiger partial charge < -0.3 is 0 Å². The van der Waals surface area contributed by atoms with Gasteiger partial charge in [0.2, 0.25) is 0 Å². The molecule has 0 radical (unpaired) electrons. The molecule has 4 rings (SSSR count). The molecule has 0 aromatic heterocycles. The fourth-order valence-electron chi connectivity index (χ4n) is 4.35. The van der Waals surface area contributed by atoms with E-state index in [4.69, 9.17) is 0 Å². The Bertz CT molecular complexity index is 1150. The highest BCUT2D eigenvalue weighted by Gasteiger charge is 2.55. The molecule has 2 aromatic carbocycles. The lowest BCUT2D eigenvalue weighted by Crippen LogP contribution is -2.52. The van der Waals surface area contributed by atoms with Crippen molar-refractivity contribution in [2.45, 2.75) is 22.5 Å². The molecule has 0 N–H and O–H groups in total. The van der Waals surface area contributed by atoms with E-state index < -0.39 is 52.5 Å². The quantitative estimate of drug-likeness (QED) is 0.166. The summed E-state index contributed by atoms with van der Waals surface area (Å²) in [5.74, 6) is -3.97. The number of rotatable bonds is 6. The van der Waals surface area contributed by atoms with Gasteiger partial charge in [-0.25, -0.2) is 5.01 Å². The summed E-state index contributed by atoms with van der Waals surface area (Å²) in [6.45, 7) is -0.624. The maximum Gasteiger partial charge on any atom is 0.282 e. The van der Waals surface area contributed by atoms with E-state index in [1.54, 1.807) is 30.3 Å². The van der Waals surface area contributed by atoms with Crippen molar-refractivity contribution in [2.24, 2.45) is 11.8 Å². The highest BCUT2D eigenvalue weighted by atomic mass is 79.9. The van der Waals surface area contributed by atoms with Crippen LogP contribution in [-0.2, 0) is 9.59 Å². The van der Waals surface area contributed by atoms with Crippen molar-refractivity contribution in [3.8, 4) is 0 Å². The first-order chi connectivity index (χ1) is 16.2. The number of para-hydroxylation sites is 1. The largest absolute Gasteiger partial charge is 0.292 e. The fraction of sp³-hybridized carbons (Fsp3) is 0.304. The molecule has 176 valence electrons. The predicted octanol–water partition coefficient (Wildman–Crippen LogP) is 3.76. The number of nitro groups is 1. The number of alkyl halides is 2. The first kappa shape index (κ1) is 24.2. The summed E-state index contributed by atoms with van der Waals surface area (Å²) in [4.78, 5) is 64.0. The standard InChI is InChI=1S/C23H19Br2N3O6/c24-17-10-15-16(11-18(17)25)23(32)27(22(15)31)26(12-20(29)13-6-2-1-3-7-13)21(30)14-8-4-5-9-19(14)28(33)34/h1-9,15-18H,10-12H2/t15-,16-,17+,18+/m1/s1. The third-order valence-electron chi connectivity index (χ3n) is 6.08. The summed E-state index contributed by atoms with van der Waals surface area (Å²) in [7, 11) is 0. The molecular weight excluding hydrogens is 574 g/mol. The van der Waals surface area contributed by atoms with Crippen molar-refractivity contribution in [1.29, 1.82) is 0 Å². The van der Waals surface area contributed by atoms with Crippen LogP contribution < -0.4 is 0 Å². The Hall–Kier alpha value is -2.92. The zero-order valence-corrected chi connectivity index (χ0v) is 20.8. The molecule has 1 saturated carbocycles. The van der Waals surface area contributed by atoms with Gasteiger partial charge in [0.1, 0.15) is 12.1 Å². The molecule has 0 spiro atoms. The van der Waals surface area contributed by atoms with Crippen molar-refractivity contribution >= 4 is 61.1 Å². The lowest BCUT2D eigenvalue weighted by atomic mass is 9.81. The Labute approximate surface area is 211 Å². The van der Waals surface area contributed by atoms with Crippen LogP contribution in [0.3, 0.4) is 0 Å². The van der Waals surface area contributed by atoms with E-state index >= 15 is 0 Å². The number of imide groups is 1. The van der Waals surface area contributed by atoms with Gasteiger partial charge in [0.25, 0.3) is 23.4 Å². The van der Waals surface area contributed by atoms with Gasteiger partial charge in [-0.1, -0.05) is 74.3 Å². The number of ketones is 1. The third-order valence-corrected chi connectivity index (χ3v) is 8.82. The monoisotopic (exact) mass is 591 g/mol. The van der Waals surface area contributed by atoms with Crippen LogP contribution in [0.4, 0.5) is 5.69 Å². The highest BCUT2D eigenvalue weighted by Crippen LogP contribution is 2.43. The SMILES string of the molecule is O=C(CN(C(=O)c1ccccc1[N+](=O)[O-])N1C(=O)[C@@H]2C[C@H](Br)[C@@H](Br)C[C@H]2C1=O)c1ccccc1. The number of nitrogens with zero attached hydrogens (tertiary/aromatic N) is 3. The Morgan fingerprint density at radius 2 is 1.47 bits per heavy atom. The van der Waals surface area contributed by atoms with E-state index in [0.29, 0.717) is 12.8 Å². The minimum atomic E-state index is -0.970. The number of hydrazine groups is 1. The minimum absolute atomic E-state index is 0.0456. The van der Waals surface area contributed by atoms with E-state index in [1.807, 2.05) is 0 Å². The van der Waals surface area contributed by atoms with Crippen molar-refractivity contribution in [3.05, 3.63) is 75.8 Å². The predicted molar refractivity (Wildman–Crippen MR) is 128 cm³/mol. The lowest BCUT2D eigenvalue weighted by Gasteiger charge is -2.30. The molecule has 0 bridgehead atoms. The Balaban J connectivity index is 1.75. The lowest BCUT2D eigenvalue weighted by molar-refractivity contribution is -0.385. The second-order valence-electron chi connectivity index (χ2n) is 8.13. The maximum atomic E-state index is 13.6. The molecule has 4 atom stereocenters. The molecule has 2 aromatic rings. The van der Waals surface area contributed by atoms with Crippen LogP contribution in [0.15, 0.2) is 54.6 Å². The van der Waals surface area contributed by atoms with Crippen molar-refractivity contribution < 1.29 is 24.1 Å². The number of hydrogen-bond donors (Lipinski definition) is 0. The summed E-state index contributed by atoms with van der Waals surface area (Å²) in [6, 6.07) is 13.4. The number of carbonyl (C=O) groups excluding carboxylic acids is 4. The molecule has 9 nitrogen and oxygen atoms in total. The van der Waals surface area contributed by atoms with Gasteiger partial charge in [0.15, 0.2) is 5.78 Å². The van der Waals surface area contributed by atoms with Crippen LogP contribution in [0.25, 0.3) is 0 Å². The average Bonchev–Trinajstić information content (AvgIpc) is 3.06. The summed E-state index contributed by atoms with van der Waals surface area (Å²) >= 11 is 7.04. The molecular formula is C23H19Br2N3O6. The van der Waals surface area contributed by atoms with Crippen LogP contribution in [0.2, 0.25) is 0 Å². The Kier molecular flexibility index (Phi) is 6.94. The average molecular weight is 593 g/mol. The summed E-state index contributed by atoms with van der Waals surface area (Å²) < 4.78 is 0. The van der Waals surface area contributed by atoms with Gasteiger partial charge in [0.05, 0.1) is 16.8 Å². The molecule has 1 heterocycles. The smallest absolute Gasteiger partial charge is 0.282 e. The van der Waals surface area contributed by atoms with Crippen LogP contribution in [-0.4, -0.2) is 54.6 Å². The molecule has 11 heteroatoms. The highest BCUT2D eigenvalue weighted by molar-refractivity contribution is 9.12. The second kappa shape index (κ2) is 9.75. The second-order valence-corrected chi connectivity index (χ2v) is 10.5. The first-order valence-electron chi connectivity index (χ1n) is 10.5. The number of nitro benzene ring substituents is 1. The molecule has 34 heavy (non-hydrogen) atoms. The maximum absolute atomic E-state index is 13.6. The van der Waals surface area contributed by atoms with Gasteiger partial charge >= 0.3 is 0 Å². The minimum Gasteiger partial charge on any atom is -0.292 e. The number of hydrogen-bond acceptors (Lipinski definition) is 6. The normalized spacial score (nSPS) is 24.0. The van der Waals surface area contributed by atoms with E-state index in [1.165, 1.54) is 18.2 Å². The topological polar surface area (TPSA) is 118 Å². The van der Waals surface area contributed by atoms with Crippen molar-refractivity contribution in [1.82, 2.24) is 10.0 Å². The Morgan fingerprint density at radius 3 is 2.03 bits per heavy atom. The molecule has 0 unspecified atom stereocenters. The Morgan fingerprint density at radius 1 is 0.941 bits per heavy atom. The zero-order valence-electron chi connectivity index (χ0n) is 17.7. The molecule has 2 fully saturated rings. The molecule has 1 saturated heterocycles. The number of amides is 3. The molecule has 1 aliphatic carbocycles. The summed E-state index contributed by atoms with van der Waals surface area (Å²) in [5, 5.41) is 13.0. The number of Topliss-reactive ketones (excluding diaryl/α,β-unsaturated/α-hetero) is 1. The van der Waals surface area contributed by atoms with Gasteiger partial charge in [-0.2, -0.15) is 5.01 Å². The first-order valence-corrected chi connectivity index (χ1v) is 12.3. The van der Waals surface area contributed by atoms with Crippen LogP contribution >= 0.6 is 31.9 Å². The van der Waals surface area contributed by atoms with Crippen molar-refractivity contribution in [3.63, 3.8) is 0 Å². The fourth-order valence-corrected chi connectivity index (χ4v) is 5.59. The van der Waals surface area contributed by atoms with Gasteiger partial charge in [-0.05, 0) is 18.9 Å². The van der Waals surface area contributed by atoms with Crippen LogP contribution in [0.1, 0.15) is 33.6 Å². The third kappa shape index (κ3) is 4.41. The molecule has 3 amide bonds.